The Morgan fingerprint density at radius 2 is 2.12 bits per heavy atom. The van der Waals surface area contributed by atoms with E-state index in [2.05, 4.69) is 34.4 Å². The molecule has 1 fully saturated rings. The molecule has 0 spiro atoms. The first-order valence-electron chi connectivity index (χ1n) is 6.41. The highest BCUT2D eigenvalue weighted by Gasteiger charge is 2.18. The topological polar surface area (TPSA) is 32.5 Å². The Morgan fingerprint density at radius 1 is 1.35 bits per heavy atom. The number of hydrogen-bond acceptors (Lipinski definition) is 4. The highest BCUT2D eigenvalue weighted by Crippen LogP contribution is 2.15. The number of nitrogens with zero attached hydrogens (tertiary/aromatic N) is 2. The summed E-state index contributed by atoms with van der Waals surface area (Å²) in [5, 5.41) is 2.15. The van der Waals surface area contributed by atoms with Gasteiger partial charge in [0.25, 0.3) is 0 Å². The van der Waals surface area contributed by atoms with Gasteiger partial charge in [-0.3, -0.25) is 0 Å². The average molecular weight is 253 g/mol. The van der Waals surface area contributed by atoms with E-state index in [4.69, 9.17) is 5.73 Å². The van der Waals surface area contributed by atoms with Gasteiger partial charge in [0.2, 0.25) is 0 Å². The number of piperazine rings is 1. The zero-order valence-electron chi connectivity index (χ0n) is 10.6. The third-order valence-corrected chi connectivity index (χ3v) is 4.41. The summed E-state index contributed by atoms with van der Waals surface area (Å²) in [6.07, 6.45) is 1.14. The van der Waals surface area contributed by atoms with E-state index in [0.717, 1.165) is 19.5 Å². The second-order valence-electron chi connectivity index (χ2n) is 4.99. The molecular weight excluding hydrogens is 230 g/mol. The van der Waals surface area contributed by atoms with Gasteiger partial charge in [-0.2, -0.15) is 0 Å². The summed E-state index contributed by atoms with van der Waals surface area (Å²) in [4.78, 5) is 6.42. The van der Waals surface area contributed by atoms with Crippen molar-refractivity contribution in [3.8, 4) is 0 Å². The molecule has 1 atom stereocenters. The van der Waals surface area contributed by atoms with Crippen molar-refractivity contribution in [2.24, 2.45) is 11.7 Å². The molecule has 1 saturated heterocycles. The minimum atomic E-state index is 0.608. The van der Waals surface area contributed by atoms with Gasteiger partial charge in [-0.25, -0.2) is 0 Å². The summed E-state index contributed by atoms with van der Waals surface area (Å²) in [6.45, 7) is 6.72. The number of hydrogen-bond donors (Lipinski definition) is 1. The Bertz CT molecular complexity index is 304. The van der Waals surface area contributed by atoms with Crippen LogP contribution in [0.3, 0.4) is 0 Å². The molecule has 4 heteroatoms. The van der Waals surface area contributed by atoms with E-state index in [0.29, 0.717) is 5.92 Å². The summed E-state index contributed by atoms with van der Waals surface area (Å²) in [5.41, 5.74) is 5.90. The maximum absolute atomic E-state index is 5.90. The van der Waals surface area contributed by atoms with E-state index in [-0.39, 0.29) is 0 Å². The Balaban J connectivity index is 1.79. The van der Waals surface area contributed by atoms with Crippen LogP contribution in [0.1, 0.15) is 4.88 Å². The molecule has 0 amide bonds. The molecule has 2 rings (SSSR count). The van der Waals surface area contributed by atoms with E-state index in [9.17, 15) is 0 Å². The molecule has 0 aliphatic carbocycles. The molecule has 0 aromatic carbocycles. The van der Waals surface area contributed by atoms with Crippen LogP contribution < -0.4 is 5.73 Å². The molecule has 2 N–H and O–H groups in total. The first kappa shape index (κ1) is 13.0. The minimum Gasteiger partial charge on any atom is -0.330 e. The van der Waals surface area contributed by atoms with Gasteiger partial charge in [0.1, 0.15) is 0 Å². The van der Waals surface area contributed by atoms with Crippen LogP contribution in [0.25, 0.3) is 0 Å². The summed E-state index contributed by atoms with van der Waals surface area (Å²) < 4.78 is 0. The summed E-state index contributed by atoms with van der Waals surface area (Å²) in [5.74, 6) is 0.608. The first-order chi connectivity index (χ1) is 8.28. The third-order valence-electron chi connectivity index (χ3n) is 3.52. The molecule has 1 unspecified atom stereocenters. The fourth-order valence-corrected chi connectivity index (χ4v) is 3.15. The Morgan fingerprint density at radius 3 is 2.71 bits per heavy atom. The van der Waals surface area contributed by atoms with E-state index in [1.165, 1.54) is 31.1 Å². The lowest BCUT2D eigenvalue weighted by Gasteiger charge is -2.34. The monoisotopic (exact) mass is 253 g/mol. The van der Waals surface area contributed by atoms with Gasteiger partial charge in [-0.05, 0) is 37.4 Å². The van der Waals surface area contributed by atoms with Gasteiger partial charge in [-0.15, -0.1) is 11.3 Å². The average Bonchev–Trinajstić information content (AvgIpc) is 2.84. The highest BCUT2D eigenvalue weighted by molar-refractivity contribution is 7.09. The number of thiophene rings is 1. The van der Waals surface area contributed by atoms with Crippen LogP contribution >= 0.6 is 11.3 Å². The maximum Gasteiger partial charge on any atom is 0.0110 e. The minimum absolute atomic E-state index is 0.608. The van der Waals surface area contributed by atoms with Crippen molar-refractivity contribution in [1.29, 1.82) is 0 Å². The fourth-order valence-electron chi connectivity index (χ4n) is 2.33. The largest absolute Gasteiger partial charge is 0.330 e. The van der Waals surface area contributed by atoms with Crippen LogP contribution in [0.4, 0.5) is 0 Å². The number of likely N-dealkylation sites (N-methyl/N-ethyl adjacent to an activating group) is 1. The third kappa shape index (κ3) is 4.07. The zero-order chi connectivity index (χ0) is 12.1. The summed E-state index contributed by atoms with van der Waals surface area (Å²) in [7, 11) is 2.20. The second-order valence-corrected chi connectivity index (χ2v) is 6.02. The van der Waals surface area contributed by atoms with Crippen LogP contribution in [0.15, 0.2) is 17.5 Å². The van der Waals surface area contributed by atoms with Crippen molar-refractivity contribution in [2.45, 2.75) is 6.42 Å². The molecule has 0 saturated carbocycles. The lowest BCUT2D eigenvalue weighted by Crippen LogP contribution is -2.47. The SMILES string of the molecule is CN1CCN(CC(CN)Cc2cccs2)CC1. The normalized spacial score (nSPS) is 20.6. The van der Waals surface area contributed by atoms with Crippen molar-refractivity contribution in [3.63, 3.8) is 0 Å². The molecule has 1 aliphatic rings. The highest BCUT2D eigenvalue weighted by atomic mass is 32.1. The predicted octanol–water partition coefficient (Wildman–Crippen LogP) is 1.11. The smallest absolute Gasteiger partial charge is 0.0110 e. The molecule has 96 valence electrons. The molecular formula is C13H23N3S. The van der Waals surface area contributed by atoms with Crippen LogP contribution in [0.5, 0.6) is 0 Å². The van der Waals surface area contributed by atoms with Gasteiger partial charge < -0.3 is 15.5 Å². The lowest BCUT2D eigenvalue weighted by atomic mass is 10.0. The van der Waals surface area contributed by atoms with Crippen molar-refractivity contribution in [1.82, 2.24) is 9.80 Å². The van der Waals surface area contributed by atoms with Crippen molar-refractivity contribution >= 4 is 11.3 Å². The maximum atomic E-state index is 5.90. The zero-order valence-corrected chi connectivity index (χ0v) is 11.5. The predicted molar refractivity (Wildman–Crippen MR) is 74.5 cm³/mol. The Kier molecular flexibility index (Phi) is 4.98. The van der Waals surface area contributed by atoms with E-state index in [1.807, 2.05) is 11.3 Å². The number of rotatable bonds is 5. The quantitative estimate of drug-likeness (QED) is 0.853. The Labute approximate surface area is 108 Å². The fraction of sp³-hybridized carbons (Fsp3) is 0.692. The molecule has 1 aromatic heterocycles. The van der Waals surface area contributed by atoms with Crippen molar-refractivity contribution in [3.05, 3.63) is 22.4 Å². The molecule has 17 heavy (non-hydrogen) atoms. The van der Waals surface area contributed by atoms with Gasteiger partial charge in [0.05, 0.1) is 0 Å². The molecule has 0 radical (unpaired) electrons. The summed E-state index contributed by atoms with van der Waals surface area (Å²) >= 11 is 1.85. The molecule has 2 heterocycles. The second kappa shape index (κ2) is 6.50. The van der Waals surface area contributed by atoms with Crippen LogP contribution in [0, 0.1) is 5.92 Å². The molecule has 0 bridgehead atoms. The van der Waals surface area contributed by atoms with Gasteiger partial charge in [0, 0.05) is 37.6 Å². The van der Waals surface area contributed by atoms with Gasteiger partial charge >= 0.3 is 0 Å². The molecule has 3 nitrogen and oxygen atoms in total. The molecule has 1 aromatic rings. The van der Waals surface area contributed by atoms with Crippen LogP contribution in [-0.2, 0) is 6.42 Å². The van der Waals surface area contributed by atoms with Crippen LogP contribution in [0.2, 0.25) is 0 Å². The number of nitrogens with two attached hydrogens (primary N) is 1. The van der Waals surface area contributed by atoms with E-state index < -0.39 is 0 Å². The summed E-state index contributed by atoms with van der Waals surface area (Å²) in [6, 6.07) is 4.35. The Hall–Kier alpha value is -0.420. The lowest BCUT2D eigenvalue weighted by molar-refractivity contribution is 0.137. The first-order valence-corrected chi connectivity index (χ1v) is 7.29. The standard InChI is InChI=1S/C13H23N3S/c1-15-4-6-16(7-5-15)11-12(10-14)9-13-3-2-8-17-13/h2-3,8,12H,4-7,9-11,14H2,1H3. The van der Waals surface area contributed by atoms with Crippen molar-refractivity contribution in [2.75, 3.05) is 46.3 Å². The van der Waals surface area contributed by atoms with Crippen LogP contribution in [-0.4, -0.2) is 56.1 Å². The van der Waals surface area contributed by atoms with E-state index in [1.54, 1.807) is 0 Å². The molecule has 1 aliphatic heterocycles. The van der Waals surface area contributed by atoms with Gasteiger partial charge in [-0.1, -0.05) is 6.07 Å². The van der Waals surface area contributed by atoms with Gasteiger partial charge in [0.15, 0.2) is 0 Å². The van der Waals surface area contributed by atoms with Crippen molar-refractivity contribution < 1.29 is 0 Å². The van der Waals surface area contributed by atoms with E-state index >= 15 is 0 Å².